The van der Waals surface area contributed by atoms with Gasteiger partial charge in [-0.15, -0.1) is 0 Å². The van der Waals surface area contributed by atoms with E-state index in [1.807, 2.05) is 50.2 Å². The number of carbonyl (C=O) groups is 4. The maximum atomic E-state index is 14.4. The summed E-state index contributed by atoms with van der Waals surface area (Å²) >= 11 is 0. The van der Waals surface area contributed by atoms with Gasteiger partial charge in [-0.25, -0.2) is 4.39 Å². The van der Waals surface area contributed by atoms with Gasteiger partial charge in [0.2, 0.25) is 23.6 Å². The van der Waals surface area contributed by atoms with Crippen molar-refractivity contribution in [3.63, 3.8) is 0 Å². The Morgan fingerprint density at radius 2 is 1.57 bits per heavy atom. The summed E-state index contributed by atoms with van der Waals surface area (Å²) in [6, 6.07) is 17.1. The van der Waals surface area contributed by atoms with Gasteiger partial charge in [-0.3, -0.25) is 19.2 Å². The molecule has 0 radical (unpaired) electrons. The molecule has 1 saturated carbocycles. The molecule has 5 rings (SSSR count). The summed E-state index contributed by atoms with van der Waals surface area (Å²) < 4.78 is 13.7. The zero-order chi connectivity index (χ0) is 33.9. The van der Waals surface area contributed by atoms with E-state index in [0.29, 0.717) is 24.3 Å². The number of hydrogen-bond donors (Lipinski definition) is 3. The number of benzene rings is 3. The second-order valence-electron chi connectivity index (χ2n) is 13.9. The highest BCUT2D eigenvalue weighted by Gasteiger charge is 2.45. The lowest BCUT2D eigenvalue weighted by atomic mass is 9.95. The van der Waals surface area contributed by atoms with Gasteiger partial charge in [0, 0.05) is 32.0 Å². The number of carbonyl (C=O) groups excluding carboxylic acids is 4. The molecule has 0 bridgehead atoms. The molecule has 2 aliphatic rings. The first-order valence-electron chi connectivity index (χ1n) is 16.5. The van der Waals surface area contributed by atoms with Gasteiger partial charge in [0.25, 0.3) is 0 Å². The highest BCUT2D eigenvalue weighted by molar-refractivity contribution is 5.96. The summed E-state index contributed by atoms with van der Waals surface area (Å²) in [4.78, 5) is 58.7. The van der Waals surface area contributed by atoms with Gasteiger partial charge in [-0.05, 0) is 74.1 Å². The summed E-state index contributed by atoms with van der Waals surface area (Å²) in [6.07, 6.45) is 2.85. The third-order valence-corrected chi connectivity index (χ3v) is 8.96. The van der Waals surface area contributed by atoms with E-state index in [4.69, 9.17) is 5.73 Å². The molecule has 4 N–H and O–H groups in total. The molecule has 0 unspecified atom stereocenters. The van der Waals surface area contributed by atoms with Crippen LogP contribution >= 0.6 is 0 Å². The second kappa shape index (κ2) is 14.2. The van der Waals surface area contributed by atoms with Crippen LogP contribution in [0.25, 0.3) is 10.8 Å². The lowest BCUT2D eigenvalue weighted by Gasteiger charge is -2.44. The van der Waals surface area contributed by atoms with Gasteiger partial charge in [-0.2, -0.15) is 0 Å². The van der Waals surface area contributed by atoms with Gasteiger partial charge >= 0.3 is 0 Å². The zero-order valence-electron chi connectivity index (χ0n) is 27.7. The van der Waals surface area contributed by atoms with Gasteiger partial charge in [0.15, 0.2) is 0 Å². The van der Waals surface area contributed by atoms with Crippen molar-refractivity contribution in [3.8, 4) is 0 Å². The maximum Gasteiger partial charge on any atom is 0.246 e. The minimum atomic E-state index is -1.25. The quantitative estimate of drug-likeness (QED) is 0.278. The molecular formula is C37H46FN5O4. The molecule has 2 fully saturated rings. The highest BCUT2D eigenvalue weighted by Crippen LogP contribution is 2.36. The van der Waals surface area contributed by atoms with Crippen LogP contribution in [0.15, 0.2) is 66.7 Å². The Balaban J connectivity index is 1.43. The van der Waals surface area contributed by atoms with E-state index in [9.17, 15) is 23.6 Å². The fourth-order valence-electron chi connectivity index (χ4n) is 6.19. The Labute approximate surface area is 276 Å². The molecule has 0 spiro atoms. The van der Waals surface area contributed by atoms with Crippen LogP contribution in [0.3, 0.4) is 0 Å². The molecular weight excluding hydrogens is 597 g/mol. The predicted octanol–water partition coefficient (Wildman–Crippen LogP) is 3.72. The average molecular weight is 644 g/mol. The van der Waals surface area contributed by atoms with E-state index >= 15 is 0 Å². The lowest BCUT2D eigenvalue weighted by molar-refractivity contribution is -0.157. The lowest BCUT2D eigenvalue weighted by Crippen LogP contribution is -2.66. The van der Waals surface area contributed by atoms with Gasteiger partial charge in [0.1, 0.15) is 23.9 Å². The standard InChI is InChI=1S/C37H46FN5O4/c1-23(2)40-33(44)31(22-26-11-14-27-7-5-6-8-28(27)19-26)42-17-18-43(32(35(42)46)21-25-9-10-25)34(45)30(41-36(47)37(3,4)39)20-24-12-15-29(38)16-13-24/h5-8,11-16,19,23,25,30-32H,9-10,17-18,20-22,39H2,1-4H3,(H,40,44)(H,41,47)/t30-,31+,32+/m1/s1. The third kappa shape index (κ3) is 8.54. The molecule has 47 heavy (non-hydrogen) atoms. The highest BCUT2D eigenvalue weighted by atomic mass is 19.1. The zero-order valence-corrected chi connectivity index (χ0v) is 27.7. The molecule has 9 nitrogen and oxygen atoms in total. The van der Waals surface area contributed by atoms with Gasteiger partial charge in [-0.1, -0.05) is 67.4 Å². The number of nitrogens with one attached hydrogen (secondary N) is 2. The van der Waals surface area contributed by atoms with Crippen molar-refractivity contribution >= 4 is 34.4 Å². The number of hydrogen-bond acceptors (Lipinski definition) is 5. The molecule has 3 aromatic rings. The van der Waals surface area contributed by atoms with Crippen molar-refractivity contribution in [2.45, 2.75) is 89.5 Å². The number of nitrogens with zero attached hydrogens (tertiary/aromatic N) is 2. The molecule has 3 aromatic carbocycles. The van der Waals surface area contributed by atoms with Crippen molar-refractivity contribution in [2.24, 2.45) is 11.7 Å². The minimum Gasteiger partial charge on any atom is -0.352 e. The Morgan fingerprint density at radius 1 is 0.915 bits per heavy atom. The number of fused-ring (bicyclic) bond motifs is 1. The van der Waals surface area contributed by atoms with Crippen molar-refractivity contribution in [1.82, 2.24) is 20.4 Å². The average Bonchev–Trinajstić information content (AvgIpc) is 3.85. The minimum absolute atomic E-state index is 0.104. The van der Waals surface area contributed by atoms with E-state index in [1.165, 1.54) is 12.1 Å². The Morgan fingerprint density at radius 3 is 2.21 bits per heavy atom. The van der Waals surface area contributed by atoms with E-state index in [0.717, 1.165) is 29.2 Å². The number of nitrogens with two attached hydrogens (primary N) is 1. The van der Waals surface area contributed by atoms with E-state index < -0.39 is 41.3 Å². The van der Waals surface area contributed by atoms with Crippen LogP contribution in [0.1, 0.15) is 58.1 Å². The number of piperazine rings is 1. The van der Waals surface area contributed by atoms with Gasteiger partial charge < -0.3 is 26.2 Å². The number of amides is 4. The monoisotopic (exact) mass is 643 g/mol. The Hall–Kier alpha value is -4.31. The first kappa shape index (κ1) is 34.0. The Kier molecular flexibility index (Phi) is 10.3. The van der Waals surface area contributed by atoms with Crippen LogP contribution < -0.4 is 16.4 Å². The predicted molar refractivity (Wildman–Crippen MR) is 180 cm³/mol. The fourth-order valence-corrected chi connectivity index (χ4v) is 6.19. The summed E-state index contributed by atoms with van der Waals surface area (Å²) in [5.41, 5.74) is 6.41. The molecule has 3 atom stereocenters. The molecule has 10 heteroatoms. The maximum absolute atomic E-state index is 14.4. The van der Waals surface area contributed by atoms with Crippen LogP contribution in [-0.4, -0.2) is 76.2 Å². The number of rotatable bonds is 12. The molecule has 0 aromatic heterocycles. The number of halogens is 1. The van der Waals surface area contributed by atoms with Crippen molar-refractivity contribution < 1.29 is 23.6 Å². The fraction of sp³-hybridized carbons (Fsp3) is 0.459. The molecule has 1 heterocycles. The van der Waals surface area contributed by atoms with Crippen molar-refractivity contribution in [1.29, 1.82) is 0 Å². The molecule has 250 valence electrons. The summed E-state index contributed by atoms with van der Waals surface area (Å²) in [7, 11) is 0. The Bertz CT molecular complexity index is 1610. The summed E-state index contributed by atoms with van der Waals surface area (Å²) in [5.74, 6) is -1.53. The largest absolute Gasteiger partial charge is 0.352 e. The first-order chi connectivity index (χ1) is 22.3. The van der Waals surface area contributed by atoms with Crippen LogP contribution in [0.4, 0.5) is 4.39 Å². The molecule has 1 aliphatic heterocycles. The normalized spacial score (nSPS) is 18.3. The molecule has 4 amide bonds. The topological polar surface area (TPSA) is 125 Å². The summed E-state index contributed by atoms with van der Waals surface area (Å²) in [6.45, 7) is 7.24. The third-order valence-electron chi connectivity index (χ3n) is 8.96. The second-order valence-corrected chi connectivity index (χ2v) is 13.9. The van der Waals surface area contributed by atoms with Crippen LogP contribution in [0.5, 0.6) is 0 Å². The van der Waals surface area contributed by atoms with Gasteiger partial charge in [0.05, 0.1) is 5.54 Å². The smallest absolute Gasteiger partial charge is 0.246 e. The molecule has 1 saturated heterocycles. The SMILES string of the molecule is CC(C)NC(=O)[C@H](Cc1ccc2ccccc2c1)N1CCN(C(=O)[C@@H](Cc2ccc(F)cc2)NC(=O)C(C)(C)N)[C@@H](CC2CC2)C1=O. The van der Waals surface area contributed by atoms with Crippen LogP contribution in [0.2, 0.25) is 0 Å². The first-order valence-corrected chi connectivity index (χ1v) is 16.5. The van der Waals surface area contributed by atoms with E-state index in [-0.39, 0.29) is 37.4 Å². The summed E-state index contributed by atoms with van der Waals surface area (Å²) in [5, 5.41) is 7.95. The van der Waals surface area contributed by atoms with E-state index in [1.54, 1.807) is 35.8 Å². The van der Waals surface area contributed by atoms with Crippen molar-refractivity contribution in [2.75, 3.05) is 13.1 Å². The molecule has 1 aliphatic carbocycles. The van der Waals surface area contributed by atoms with E-state index in [2.05, 4.69) is 16.7 Å². The van der Waals surface area contributed by atoms with Crippen molar-refractivity contribution in [3.05, 3.63) is 83.7 Å². The van der Waals surface area contributed by atoms with Crippen LogP contribution in [-0.2, 0) is 32.0 Å². The van der Waals surface area contributed by atoms with Crippen LogP contribution in [0, 0.1) is 11.7 Å².